The van der Waals surface area contributed by atoms with Crippen LogP contribution in [0, 0.1) is 6.92 Å². The quantitative estimate of drug-likeness (QED) is 0.699. The zero-order chi connectivity index (χ0) is 14.9. The molecule has 2 aromatic rings. The van der Waals surface area contributed by atoms with E-state index in [0.717, 1.165) is 6.07 Å². The van der Waals surface area contributed by atoms with E-state index in [9.17, 15) is 13.2 Å². The summed E-state index contributed by atoms with van der Waals surface area (Å²) in [5, 5.41) is 8.35. The van der Waals surface area contributed by atoms with Crippen molar-refractivity contribution in [3.8, 4) is 0 Å². The second-order valence-corrected chi connectivity index (χ2v) is 5.23. The third kappa shape index (κ3) is 3.06. The van der Waals surface area contributed by atoms with Gasteiger partial charge < -0.3 is 10.3 Å². The summed E-state index contributed by atoms with van der Waals surface area (Å²) in [5.41, 5.74) is 5.00. The summed E-state index contributed by atoms with van der Waals surface area (Å²) in [4.78, 5) is 0. The summed E-state index contributed by atoms with van der Waals surface area (Å²) in [6.45, 7) is 1.78. The molecule has 0 atom stereocenters. The first kappa shape index (κ1) is 14.7. The molecule has 0 radical (unpaired) electrons. The van der Waals surface area contributed by atoms with E-state index < -0.39 is 11.7 Å². The summed E-state index contributed by atoms with van der Waals surface area (Å²) in [7, 11) is 1.77. The van der Waals surface area contributed by atoms with Crippen LogP contribution in [0.15, 0.2) is 23.4 Å². The minimum atomic E-state index is -4.42. The van der Waals surface area contributed by atoms with Crippen LogP contribution in [-0.4, -0.2) is 14.8 Å². The van der Waals surface area contributed by atoms with E-state index >= 15 is 0 Å². The number of hydrogen-bond donors (Lipinski definition) is 1. The first-order valence-corrected chi connectivity index (χ1v) is 6.72. The third-order valence-corrected chi connectivity index (χ3v) is 3.92. The van der Waals surface area contributed by atoms with E-state index in [2.05, 4.69) is 10.2 Å². The van der Waals surface area contributed by atoms with E-state index in [-0.39, 0.29) is 17.0 Å². The SMILES string of the molecule is Cc1nnc(SCc2ccc(N)cc2C(F)(F)F)n1C. The fourth-order valence-corrected chi connectivity index (χ4v) is 2.60. The Morgan fingerprint density at radius 2 is 2.00 bits per heavy atom. The Balaban J connectivity index is 2.24. The summed E-state index contributed by atoms with van der Waals surface area (Å²) in [5.74, 6) is 0.863. The lowest BCUT2D eigenvalue weighted by molar-refractivity contribution is -0.138. The van der Waals surface area contributed by atoms with Crippen molar-refractivity contribution in [2.45, 2.75) is 24.0 Å². The first-order chi connectivity index (χ1) is 9.29. The van der Waals surface area contributed by atoms with Gasteiger partial charge in [0.15, 0.2) is 5.16 Å². The topological polar surface area (TPSA) is 56.7 Å². The van der Waals surface area contributed by atoms with Crippen LogP contribution in [0.25, 0.3) is 0 Å². The molecule has 0 saturated heterocycles. The lowest BCUT2D eigenvalue weighted by atomic mass is 10.1. The highest BCUT2D eigenvalue weighted by molar-refractivity contribution is 7.98. The summed E-state index contributed by atoms with van der Waals surface area (Å²) >= 11 is 1.21. The van der Waals surface area contributed by atoms with Crippen LogP contribution in [0.2, 0.25) is 0 Å². The number of alkyl halides is 3. The average Bonchev–Trinajstić information content (AvgIpc) is 2.67. The molecular weight excluding hydrogens is 289 g/mol. The largest absolute Gasteiger partial charge is 0.416 e. The Morgan fingerprint density at radius 1 is 1.30 bits per heavy atom. The zero-order valence-electron chi connectivity index (χ0n) is 10.9. The number of nitrogens with zero attached hydrogens (tertiary/aromatic N) is 3. The van der Waals surface area contributed by atoms with Crippen molar-refractivity contribution >= 4 is 17.4 Å². The van der Waals surface area contributed by atoms with Crippen LogP contribution in [0.4, 0.5) is 18.9 Å². The van der Waals surface area contributed by atoms with E-state index in [1.807, 2.05) is 0 Å². The molecule has 0 saturated carbocycles. The smallest absolute Gasteiger partial charge is 0.399 e. The van der Waals surface area contributed by atoms with Gasteiger partial charge >= 0.3 is 6.18 Å². The molecule has 0 spiro atoms. The second-order valence-electron chi connectivity index (χ2n) is 4.29. The Bertz CT molecular complexity index is 622. The van der Waals surface area contributed by atoms with Crippen molar-refractivity contribution in [2.75, 3.05) is 5.73 Å². The fourth-order valence-electron chi connectivity index (χ4n) is 1.64. The highest BCUT2D eigenvalue weighted by atomic mass is 32.2. The van der Waals surface area contributed by atoms with Crippen LogP contribution in [0.1, 0.15) is 17.0 Å². The van der Waals surface area contributed by atoms with Gasteiger partial charge in [0.25, 0.3) is 0 Å². The highest BCUT2D eigenvalue weighted by Crippen LogP contribution is 2.35. The van der Waals surface area contributed by atoms with Gasteiger partial charge in [-0.25, -0.2) is 0 Å². The normalized spacial score (nSPS) is 11.8. The molecule has 2 rings (SSSR count). The Hall–Kier alpha value is -1.70. The van der Waals surface area contributed by atoms with Gasteiger partial charge in [-0.15, -0.1) is 10.2 Å². The molecule has 20 heavy (non-hydrogen) atoms. The minimum absolute atomic E-state index is 0.0978. The highest BCUT2D eigenvalue weighted by Gasteiger charge is 2.33. The summed E-state index contributed by atoms with van der Waals surface area (Å²) in [6, 6.07) is 3.82. The summed E-state index contributed by atoms with van der Waals surface area (Å²) in [6.07, 6.45) is -4.42. The molecule has 0 aliphatic carbocycles. The van der Waals surface area contributed by atoms with Crippen LogP contribution >= 0.6 is 11.8 Å². The molecule has 0 amide bonds. The number of hydrogen-bond acceptors (Lipinski definition) is 4. The molecule has 0 aliphatic heterocycles. The number of nitrogen functional groups attached to an aromatic ring is 1. The molecule has 0 aliphatic rings. The van der Waals surface area contributed by atoms with Gasteiger partial charge in [0, 0.05) is 18.5 Å². The minimum Gasteiger partial charge on any atom is -0.399 e. The Morgan fingerprint density at radius 3 is 2.55 bits per heavy atom. The molecule has 0 bridgehead atoms. The maximum atomic E-state index is 12.9. The van der Waals surface area contributed by atoms with Crippen molar-refractivity contribution < 1.29 is 13.2 Å². The van der Waals surface area contributed by atoms with Gasteiger partial charge in [0.2, 0.25) is 0 Å². The van der Waals surface area contributed by atoms with Gasteiger partial charge in [-0.3, -0.25) is 0 Å². The lowest BCUT2D eigenvalue weighted by Crippen LogP contribution is -2.09. The molecule has 4 nitrogen and oxygen atoms in total. The van der Waals surface area contributed by atoms with Gasteiger partial charge in [-0.1, -0.05) is 17.8 Å². The number of thioether (sulfide) groups is 1. The van der Waals surface area contributed by atoms with Crippen LogP contribution in [0.3, 0.4) is 0 Å². The third-order valence-electron chi connectivity index (χ3n) is 2.85. The maximum absolute atomic E-state index is 12.9. The number of anilines is 1. The Kier molecular flexibility index (Phi) is 3.94. The second kappa shape index (κ2) is 5.35. The molecule has 1 aromatic carbocycles. The van der Waals surface area contributed by atoms with Gasteiger partial charge in [0.05, 0.1) is 5.56 Å². The molecule has 1 heterocycles. The zero-order valence-corrected chi connectivity index (χ0v) is 11.7. The average molecular weight is 302 g/mol. The monoisotopic (exact) mass is 302 g/mol. The number of nitrogens with two attached hydrogens (primary N) is 1. The number of rotatable bonds is 3. The number of benzene rings is 1. The van der Waals surface area contributed by atoms with Crippen LogP contribution < -0.4 is 5.73 Å². The van der Waals surface area contributed by atoms with Gasteiger partial charge in [0.1, 0.15) is 5.82 Å². The van der Waals surface area contributed by atoms with Gasteiger partial charge in [-0.2, -0.15) is 13.2 Å². The predicted octanol–water partition coefficient (Wildman–Crippen LogP) is 3.02. The predicted molar refractivity (Wildman–Crippen MR) is 71.2 cm³/mol. The molecule has 108 valence electrons. The molecule has 8 heteroatoms. The van der Waals surface area contributed by atoms with Crippen molar-refractivity contribution in [2.24, 2.45) is 7.05 Å². The maximum Gasteiger partial charge on any atom is 0.416 e. The fraction of sp³-hybridized carbons (Fsp3) is 0.333. The van der Waals surface area contributed by atoms with E-state index in [4.69, 9.17) is 5.73 Å². The number of aromatic nitrogens is 3. The molecular formula is C12H13F3N4S. The molecule has 1 aromatic heterocycles. The Labute approximate surface area is 118 Å². The molecule has 0 fully saturated rings. The van der Waals surface area contributed by atoms with Crippen molar-refractivity contribution in [3.63, 3.8) is 0 Å². The first-order valence-electron chi connectivity index (χ1n) is 5.73. The van der Waals surface area contributed by atoms with Crippen molar-refractivity contribution in [1.29, 1.82) is 0 Å². The van der Waals surface area contributed by atoms with Crippen molar-refractivity contribution in [3.05, 3.63) is 35.2 Å². The van der Waals surface area contributed by atoms with E-state index in [1.165, 1.54) is 23.9 Å². The standard InChI is InChI=1S/C12H13F3N4S/c1-7-17-18-11(19(7)2)20-6-8-3-4-9(16)5-10(8)12(13,14)15/h3-5H,6,16H2,1-2H3. The number of halogens is 3. The van der Waals surface area contributed by atoms with Gasteiger partial charge in [-0.05, 0) is 24.6 Å². The molecule has 0 unspecified atom stereocenters. The summed E-state index contributed by atoms with van der Waals surface area (Å²) < 4.78 is 40.6. The van der Waals surface area contributed by atoms with Crippen LogP contribution in [0.5, 0.6) is 0 Å². The van der Waals surface area contributed by atoms with Crippen LogP contribution in [-0.2, 0) is 19.0 Å². The van der Waals surface area contributed by atoms with E-state index in [0.29, 0.717) is 11.0 Å². The van der Waals surface area contributed by atoms with E-state index in [1.54, 1.807) is 18.5 Å². The molecule has 2 N–H and O–H groups in total. The lowest BCUT2D eigenvalue weighted by Gasteiger charge is -2.13. The van der Waals surface area contributed by atoms with Crippen molar-refractivity contribution in [1.82, 2.24) is 14.8 Å². The number of aryl methyl sites for hydroxylation is 1.